The van der Waals surface area contributed by atoms with Gasteiger partial charge >= 0.3 is 12.0 Å². The molecule has 6 nitrogen and oxygen atoms in total. The van der Waals surface area contributed by atoms with E-state index in [2.05, 4.69) is 16.6 Å². The van der Waals surface area contributed by atoms with Crippen molar-refractivity contribution in [3.05, 3.63) is 12.2 Å². The second-order valence-corrected chi connectivity index (χ2v) is 2.28. The van der Waals surface area contributed by atoms with Crippen LogP contribution in [0.1, 0.15) is 6.92 Å². The molecule has 13 heavy (non-hydrogen) atoms. The maximum Gasteiger partial charge on any atom is 0.338 e. The average Bonchev–Trinajstić information content (AvgIpc) is 2.11. The Morgan fingerprint density at radius 2 is 2.15 bits per heavy atom. The third-order valence-electron chi connectivity index (χ3n) is 1.07. The van der Waals surface area contributed by atoms with Gasteiger partial charge in [-0.3, -0.25) is 5.21 Å². The van der Waals surface area contributed by atoms with E-state index in [1.165, 1.54) is 12.4 Å². The summed E-state index contributed by atoms with van der Waals surface area (Å²) in [6, 6.07) is -0.744. The lowest BCUT2D eigenvalue weighted by Crippen LogP contribution is -2.35. The summed E-state index contributed by atoms with van der Waals surface area (Å²) in [4.78, 5) is 21.1. The number of urea groups is 1. The molecule has 0 radical (unpaired) electrons. The Bertz CT molecular complexity index is 215. The first-order chi connectivity index (χ1) is 6.07. The topological polar surface area (TPSA) is 87.7 Å². The Hall–Kier alpha value is -1.56. The lowest BCUT2D eigenvalue weighted by Gasteiger charge is -2.04. The van der Waals surface area contributed by atoms with Crippen LogP contribution in [-0.4, -0.2) is 30.4 Å². The number of amides is 2. The van der Waals surface area contributed by atoms with E-state index < -0.39 is 12.0 Å². The normalized spacial score (nSPS) is 8.77. The van der Waals surface area contributed by atoms with E-state index in [4.69, 9.17) is 5.21 Å². The molecule has 0 aromatic rings. The third kappa shape index (κ3) is 5.68. The van der Waals surface area contributed by atoms with E-state index in [1.807, 2.05) is 0 Å². The first-order valence-electron chi connectivity index (χ1n) is 3.58. The Kier molecular flexibility index (Phi) is 5.29. The second kappa shape index (κ2) is 6.01. The minimum absolute atomic E-state index is 0.0408. The molecular formula is C7H12N2O4. The maximum absolute atomic E-state index is 10.8. The number of carbonyl (C=O) groups excluding carboxylic acids is 2. The first-order valence-corrected chi connectivity index (χ1v) is 3.58. The predicted molar refractivity (Wildman–Crippen MR) is 44.1 cm³/mol. The van der Waals surface area contributed by atoms with Crippen LogP contribution >= 0.6 is 0 Å². The van der Waals surface area contributed by atoms with Crippen LogP contribution in [0.4, 0.5) is 4.79 Å². The SMILES string of the molecule is C=C(C)C(=O)OCCNC(=O)NO. The molecule has 0 fully saturated rings. The minimum atomic E-state index is -0.744. The van der Waals surface area contributed by atoms with E-state index in [9.17, 15) is 9.59 Å². The number of esters is 1. The fourth-order valence-electron chi connectivity index (χ4n) is 0.471. The van der Waals surface area contributed by atoms with Gasteiger partial charge in [0, 0.05) is 5.57 Å². The smallest absolute Gasteiger partial charge is 0.338 e. The van der Waals surface area contributed by atoms with Gasteiger partial charge in [-0.15, -0.1) is 0 Å². The summed E-state index contributed by atoms with van der Waals surface area (Å²) in [5.74, 6) is -0.508. The molecular weight excluding hydrogens is 176 g/mol. The number of carbonyl (C=O) groups is 2. The number of hydrogen-bond acceptors (Lipinski definition) is 4. The quantitative estimate of drug-likeness (QED) is 0.187. The fraction of sp³-hybridized carbons (Fsp3) is 0.429. The fourth-order valence-corrected chi connectivity index (χ4v) is 0.471. The molecule has 0 aliphatic heterocycles. The molecule has 2 amide bonds. The molecule has 0 saturated heterocycles. The molecule has 0 bridgehead atoms. The van der Waals surface area contributed by atoms with Crippen LogP contribution < -0.4 is 10.8 Å². The summed E-state index contributed by atoms with van der Waals surface area (Å²) in [5.41, 5.74) is 1.67. The summed E-state index contributed by atoms with van der Waals surface area (Å²) >= 11 is 0. The van der Waals surface area contributed by atoms with E-state index in [0.717, 1.165) is 0 Å². The number of hydrogen-bond donors (Lipinski definition) is 3. The summed E-state index contributed by atoms with van der Waals surface area (Å²) in [6.45, 7) is 5.07. The molecule has 0 aliphatic carbocycles. The standard InChI is InChI=1S/C7H12N2O4/c1-5(2)6(10)13-4-3-8-7(11)9-12/h12H,1,3-4H2,2H3,(H2,8,9,11). The van der Waals surface area contributed by atoms with Crippen molar-refractivity contribution in [1.82, 2.24) is 10.8 Å². The molecule has 3 N–H and O–H groups in total. The zero-order valence-corrected chi connectivity index (χ0v) is 7.29. The number of nitrogens with one attached hydrogen (secondary N) is 2. The Morgan fingerprint density at radius 1 is 1.54 bits per heavy atom. The van der Waals surface area contributed by atoms with Crippen LogP contribution in [0.5, 0.6) is 0 Å². The highest BCUT2D eigenvalue weighted by Crippen LogP contribution is 1.90. The van der Waals surface area contributed by atoms with Gasteiger partial charge in [-0.05, 0) is 6.92 Å². The monoisotopic (exact) mass is 188 g/mol. The molecule has 6 heteroatoms. The lowest BCUT2D eigenvalue weighted by molar-refractivity contribution is -0.138. The van der Waals surface area contributed by atoms with Crippen molar-refractivity contribution >= 4 is 12.0 Å². The van der Waals surface area contributed by atoms with Gasteiger partial charge in [0.05, 0.1) is 6.54 Å². The van der Waals surface area contributed by atoms with Crippen molar-refractivity contribution in [3.63, 3.8) is 0 Å². The van der Waals surface area contributed by atoms with Crippen molar-refractivity contribution in [1.29, 1.82) is 0 Å². The summed E-state index contributed by atoms with van der Waals surface area (Å²) < 4.78 is 4.64. The lowest BCUT2D eigenvalue weighted by atomic mass is 10.4. The van der Waals surface area contributed by atoms with E-state index in [0.29, 0.717) is 5.57 Å². The van der Waals surface area contributed by atoms with Crippen LogP contribution in [-0.2, 0) is 9.53 Å². The Morgan fingerprint density at radius 3 is 2.62 bits per heavy atom. The van der Waals surface area contributed by atoms with Gasteiger partial charge in [-0.1, -0.05) is 6.58 Å². The molecule has 0 atom stereocenters. The van der Waals surface area contributed by atoms with Gasteiger partial charge in [0.2, 0.25) is 0 Å². The summed E-state index contributed by atoms with van der Waals surface area (Å²) in [7, 11) is 0. The Balaban J connectivity index is 3.41. The highest BCUT2D eigenvalue weighted by Gasteiger charge is 2.02. The van der Waals surface area contributed by atoms with Crippen molar-refractivity contribution in [2.24, 2.45) is 0 Å². The van der Waals surface area contributed by atoms with Gasteiger partial charge in [-0.25, -0.2) is 15.1 Å². The molecule has 0 heterocycles. The Labute approximate surface area is 75.5 Å². The highest BCUT2D eigenvalue weighted by molar-refractivity contribution is 5.86. The van der Waals surface area contributed by atoms with Crippen LogP contribution in [0.15, 0.2) is 12.2 Å². The number of hydroxylamine groups is 1. The van der Waals surface area contributed by atoms with Crippen molar-refractivity contribution in [2.75, 3.05) is 13.2 Å². The largest absolute Gasteiger partial charge is 0.460 e. The van der Waals surface area contributed by atoms with Gasteiger partial charge in [0.1, 0.15) is 6.61 Å². The molecule has 74 valence electrons. The van der Waals surface area contributed by atoms with E-state index >= 15 is 0 Å². The molecule has 0 rings (SSSR count). The van der Waals surface area contributed by atoms with Crippen molar-refractivity contribution in [3.8, 4) is 0 Å². The van der Waals surface area contributed by atoms with Gasteiger partial charge < -0.3 is 10.1 Å². The van der Waals surface area contributed by atoms with Crippen LogP contribution in [0, 0.1) is 0 Å². The van der Waals surface area contributed by atoms with Gasteiger partial charge in [0.25, 0.3) is 0 Å². The summed E-state index contributed by atoms with van der Waals surface area (Å²) in [6.07, 6.45) is 0. The minimum Gasteiger partial charge on any atom is -0.460 e. The van der Waals surface area contributed by atoms with Crippen LogP contribution in [0.3, 0.4) is 0 Å². The summed E-state index contributed by atoms with van der Waals surface area (Å²) in [5, 5.41) is 10.3. The van der Waals surface area contributed by atoms with Crippen molar-refractivity contribution in [2.45, 2.75) is 6.92 Å². The van der Waals surface area contributed by atoms with E-state index in [-0.39, 0.29) is 13.2 Å². The molecule has 0 aromatic heterocycles. The van der Waals surface area contributed by atoms with Crippen LogP contribution in [0.2, 0.25) is 0 Å². The zero-order chi connectivity index (χ0) is 10.3. The predicted octanol–water partition coefficient (Wildman–Crippen LogP) is -0.206. The highest BCUT2D eigenvalue weighted by atomic mass is 16.5. The molecule has 0 unspecified atom stereocenters. The van der Waals surface area contributed by atoms with Crippen molar-refractivity contribution < 1.29 is 19.5 Å². The number of rotatable bonds is 4. The first kappa shape index (κ1) is 11.4. The average molecular weight is 188 g/mol. The molecule has 0 saturated carbocycles. The van der Waals surface area contributed by atoms with Gasteiger partial charge in [-0.2, -0.15) is 0 Å². The molecule has 0 aliphatic rings. The second-order valence-electron chi connectivity index (χ2n) is 2.28. The maximum atomic E-state index is 10.8. The van der Waals surface area contributed by atoms with Crippen LogP contribution in [0.25, 0.3) is 0 Å². The van der Waals surface area contributed by atoms with E-state index in [1.54, 1.807) is 0 Å². The van der Waals surface area contributed by atoms with Gasteiger partial charge in [0.15, 0.2) is 0 Å². The zero-order valence-electron chi connectivity index (χ0n) is 7.29. The number of ether oxygens (including phenoxy) is 1. The molecule has 0 aromatic carbocycles. The third-order valence-corrected chi connectivity index (χ3v) is 1.07. The molecule has 0 spiro atoms.